The number of alkyl halides is 3. The van der Waals surface area contributed by atoms with Crippen molar-refractivity contribution in [3.05, 3.63) is 69.3 Å². The molecule has 0 amide bonds. The third-order valence-corrected chi connectivity index (χ3v) is 4.95. The number of piperazine rings is 1. The van der Waals surface area contributed by atoms with Crippen LogP contribution in [0.5, 0.6) is 0 Å². The first-order valence-corrected chi connectivity index (χ1v) is 9.08. The van der Waals surface area contributed by atoms with Crippen LogP contribution in [0, 0.1) is 10.1 Å². The maximum Gasteiger partial charge on any atom is 0.416 e. The van der Waals surface area contributed by atoms with E-state index in [1.165, 1.54) is 19.1 Å². The predicted octanol–water partition coefficient (Wildman–Crippen LogP) is 4.14. The number of nitro groups is 1. The first kappa shape index (κ1) is 20.8. The molecule has 2 aromatic rings. The van der Waals surface area contributed by atoms with Gasteiger partial charge < -0.3 is 4.90 Å². The monoisotopic (exact) mass is 407 g/mol. The second-order valence-corrected chi connectivity index (χ2v) is 6.98. The number of Topliss-reactive ketones (excluding diaryl/α,β-unsaturated/α-hetero) is 1. The Morgan fingerprint density at radius 1 is 1.10 bits per heavy atom. The van der Waals surface area contributed by atoms with Crippen LogP contribution >= 0.6 is 0 Å². The molecular weight excluding hydrogens is 387 g/mol. The Balaban J connectivity index is 1.68. The lowest BCUT2D eigenvalue weighted by atomic mass is 10.1. The number of hydrogen-bond acceptors (Lipinski definition) is 5. The molecule has 1 heterocycles. The number of nitro benzene ring substituents is 1. The van der Waals surface area contributed by atoms with Crippen molar-refractivity contribution in [1.29, 1.82) is 0 Å². The Bertz CT molecular complexity index is 923. The van der Waals surface area contributed by atoms with Gasteiger partial charge in [0.25, 0.3) is 5.69 Å². The maximum absolute atomic E-state index is 12.9. The molecule has 1 aliphatic heterocycles. The van der Waals surface area contributed by atoms with Crippen LogP contribution in [0.4, 0.5) is 24.5 Å². The average Bonchev–Trinajstić information content (AvgIpc) is 2.67. The van der Waals surface area contributed by atoms with E-state index in [9.17, 15) is 28.1 Å². The molecule has 154 valence electrons. The summed E-state index contributed by atoms with van der Waals surface area (Å²) in [5.41, 5.74) is 0.506. The maximum atomic E-state index is 12.9. The van der Waals surface area contributed by atoms with Crippen molar-refractivity contribution >= 4 is 17.2 Å². The summed E-state index contributed by atoms with van der Waals surface area (Å²) in [6, 6.07) is 9.69. The summed E-state index contributed by atoms with van der Waals surface area (Å²) in [7, 11) is 0. The highest BCUT2D eigenvalue weighted by molar-refractivity contribution is 5.95. The van der Waals surface area contributed by atoms with Gasteiger partial charge in [-0.15, -0.1) is 0 Å². The van der Waals surface area contributed by atoms with Gasteiger partial charge in [-0.1, -0.05) is 18.2 Å². The molecule has 0 saturated carbocycles. The molecule has 0 aliphatic carbocycles. The van der Waals surface area contributed by atoms with Gasteiger partial charge in [-0.2, -0.15) is 13.2 Å². The van der Waals surface area contributed by atoms with Crippen LogP contribution in [-0.4, -0.2) is 41.8 Å². The summed E-state index contributed by atoms with van der Waals surface area (Å²) in [5.74, 6) is -0.245. The molecule has 1 fully saturated rings. The van der Waals surface area contributed by atoms with E-state index in [1.807, 2.05) is 9.80 Å². The van der Waals surface area contributed by atoms with E-state index >= 15 is 0 Å². The van der Waals surface area contributed by atoms with E-state index in [4.69, 9.17) is 0 Å². The second kappa shape index (κ2) is 8.20. The van der Waals surface area contributed by atoms with Crippen LogP contribution in [0.25, 0.3) is 0 Å². The van der Waals surface area contributed by atoms with Crippen molar-refractivity contribution in [3.63, 3.8) is 0 Å². The van der Waals surface area contributed by atoms with Gasteiger partial charge in [0, 0.05) is 44.4 Å². The van der Waals surface area contributed by atoms with Crippen LogP contribution < -0.4 is 4.90 Å². The Labute approximate surface area is 165 Å². The summed E-state index contributed by atoms with van der Waals surface area (Å²) < 4.78 is 38.6. The van der Waals surface area contributed by atoms with Crippen LogP contribution in [0.2, 0.25) is 0 Å². The van der Waals surface area contributed by atoms with E-state index in [-0.39, 0.29) is 17.0 Å². The molecular formula is C20H20F3N3O3. The van der Waals surface area contributed by atoms with Crippen molar-refractivity contribution in [3.8, 4) is 0 Å². The molecule has 0 radical (unpaired) electrons. The zero-order valence-electron chi connectivity index (χ0n) is 15.8. The lowest BCUT2D eigenvalue weighted by Gasteiger charge is -2.36. The Kier molecular flexibility index (Phi) is 5.88. The van der Waals surface area contributed by atoms with Crippen LogP contribution in [0.1, 0.15) is 28.4 Å². The van der Waals surface area contributed by atoms with Gasteiger partial charge in [-0.3, -0.25) is 19.8 Å². The molecule has 9 heteroatoms. The number of hydrogen-bond donors (Lipinski definition) is 0. The predicted molar refractivity (Wildman–Crippen MR) is 102 cm³/mol. The molecule has 0 atom stereocenters. The Hall–Kier alpha value is -2.94. The average molecular weight is 407 g/mol. The smallest absolute Gasteiger partial charge is 0.363 e. The third kappa shape index (κ3) is 4.92. The fourth-order valence-electron chi connectivity index (χ4n) is 3.41. The number of carbonyl (C=O) groups excluding carboxylic acids is 1. The quantitative estimate of drug-likeness (QED) is 0.423. The largest absolute Gasteiger partial charge is 0.416 e. The summed E-state index contributed by atoms with van der Waals surface area (Å²) in [4.78, 5) is 26.3. The number of anilines is 1. The lowest BCUT2D eigenvalue weighted by molar-refractivity contribution is -0.384. The molecule has 0 spiro atoms. The number of carbonyl (C=O) groups is 1. The van der Waals surface area contributed by atoms with Crippen molar-refractivity contribution in [2.75, 3.05) is 31.1 Å². The van der Waals surface area contributed by atoms with Gasteiger partial charge in [0.15, 0.2) is 5.78 Å². The van der Waals surface area contributed by atoms with Crippen LogP contribution in [0.3, 0.4) is 0 Å². The molecule has 1 aliphatic rings. The third-order valence-electron chi connectivity index (χ3n) is 4.95. The van der Waals surface area contributed by atoms with Crippen molar-refractivity contribution < 1.29 is 22.9 Å². The van der Waals surface area contributed by atoms with E-state index in [2.05, 4.69) is 0 Å². The SMILES string of the molecule is CC(=O)c1ccc(N2CCN(Cc3cccc(C(F)(F)F)c3)CC2)c([N+](=O)[O-])c1. The van der Waals surface area contributed by atoms with Crippen molar-refractivity contribution in [2.45, 2.75) is 19.6 Å². The molecule has 2 aromatic carbocycles. The molecule has 6 nitrogen and oxygen atoms in total. The van der Waals surface area contributed by atoms with E-state index in [0.717, 1.165) is 12.1 Å². The molecule has 0 N–H and O–H groups in total. The summed E-state index contributed by atoms with van der Waals surface area (Å²) in [6.07, 6.45) is -4.38. The second-order valence-electron chi connectivity index (χ2n) is 6.98. The number of benzene rings is 2. The molecule has 0 aromatic heterocycles. The molecule has 0 bridgehead atoms. The van der Waals surface area contributed by atoms with Crippen molar-refractivity contribution in [1.82, 2.24) is 4.90 Å². The minimum Gasteiger partial charge on any atom is -0.363 e. The first-order chi connectivity index (χ1) is 13.6. The van der Waals surface area contributed by atoms with E-state index in [0.29, 0.717) is 44.0 Å². The van der Waals surface area contributed by atoms with Gasteiger partial charge in [-0.05, 0) is 30.7 Å². The fraction of sp³-hybridized carbons (Fsp3) is 0.350. The van der Waals surface area contributed by atoms with Gasteiger partial charge >= 0.3 is 6.18 Å². The van der Waals surface area contributed by atoms with Gasteiger partial charge in [-0.25, -0.2) is 0 Å². The van der Waals surface area contributed by atoms with Gasteiger partial charge in [0.05, 0.1) is 10.5 Å². The zero-order chi connectivity index (χ0) is 21.2. The van der Waals surface area contributed by atoms with Crippen LogP contribution in [-0.2, 0) is 12.7 Å². The number of nitrogens with zero attached hydrogens (tertiary/aromatic N) is 3. The molecule has 0 unspecified atom stereocenters. The number of ketones is 1. The Morgan fingerprint density at radius 2 is 1.79 bits per heavy atom. The number of rotatable bonds is 5. The summed E-state index contributed by atoms with van der Waals surface area (Å²) >= 11 is 0. The summed E-state index contributed by atoms with van der Waals surface area (Å²) in [5, 5.41) is 11.4. The van der Waals surface area contributed by atoms with Gasteiger partial charge in [0.2, 0.25) is 0 Å². The molecule has 1 saturated heterocycles. The normalized spacial score (nSPS) is 15.4. The highest BCUT2D eigenvalue weighted by Gasteiger charge is 2.30. The summed E-state index contributed by atoms with van der Waals surface area (Å²) in [6.45, 7) is 3.84. The van der Waals surface area contributed by atoms with Crippen LogP contribution in [0.15, 0.2) is 42.5 Å². The zero-order valence-corrected chi connectivity index (χ0v) is 15.8. The molecule has 29 heavy (non-hydrogen) atoms. The topological polar surface area (TPSA) is 66.7 Å². The van der Waals surface area contributed by atoms with E-state index < -0.39 is 16.7 Å². The number of halogens is 3. The minimum absolute atomic E-state index is 0.121. The standard InChI is InChI=1S/C20H20F3N3O3/c1-14(27)16-5-6-18(19(12-16)26(28)29)25-9-7-24(8-10-25)13-15-3-2-4-17(11-15)20(21,22)23/h2-6,11-12H,7-10,13H2,1H3. The lowest BCUT2D eigenvalue weighted by Crippen LogP contribution is -2.46. The first-order valence-electron chi connectivity index (χ1n) is 9.08. The van der Waals surface area contributed by atoms with Gasteiger partial charge in [0.1, 0.15) is 5.69 Å². The van der Waals surface area contributed by atoms with Crippen molar-refractivity contribution in [2.24, 2.45) is 0 Å². The minimum atomic E-state index is -4.38. The Morgan fingerprint density at radius 3 is 2.38 bits per heavy atom. The molecule has 3 rings (SSSR count). The fourth-order valence-corrected chi connectivity index (χ4v) is 3.41. The highest BCUT2D eigenvalue weighted by Crippen LogP contribution is 2.31. The highest BCUT2D eigenvalue weighted by atomic mass is 19.4. The van der Waals surface area contributed by atoms with E-state index in [1.54, 1.807) is 18.2 Å².